The predicted molar refractivity (Wildman–Crippen MR) is 89.4 cm³/mol. The van der Waals surface area contributed by atoms with Gasteiger partial charge in [-0.25, -0.2) is 0 Å². The van der Waals surface area contributed by atoms with E-state index < -0.39 is 0 Å². The molecule has 3 rings (SSSR count). The largest absolute Gasteiger partial charge is 0.497 e. The van der Waals surface area contributed by atoms with Gasteiger partial charge in [-0.3, -0.25) is 9.89 Å². The molecule has 0 atom stereocenters. The molecule has 23 heavy (non-hydrogen) atoms. The molecule has 0 bridgehead atoms. The number of nitrogens with zero attached hydrogens (tertiary/aromatic N) is 1. The highest BCUT2D eigenvalue weighted by Crippen LogP contribution is 2.20. The zero-order valence-corrected chi connectivity index (χ0v) is 12.7. The smallest absolute Gasteiger partial charge is 0.228 e. The maximum Gasteiger partial charge on any atom is 0.228 e. The third-order valence-corrected chi connectivity index (χ3v) is 3.48. The standard InChI is InChI=1S/C18H17N3O2/c1-23-16-7-5-13(6-8-16)11-18(22)20-15-4-2-3-14(12-15)17-9-10-19-21-17/h2-10,12H,11H2,1H3,(H,19,21)(H,20,22). The number of hydrogen-bond donors (Lipinski definition) is 2. The average Bonchev–Trinajstić information content (AvgIpc) is 3.10. The number of amides is 1. The molecular formula is C18H17N3O2. The zero-order valence-electron chi connectivity index (χ0n) is 12.7. The van der Waals surface area contributed by atoms with Crippen LogP contribution in [0, 0.1) is 0 Å². The van der Waals surface area contributed by atoms with Crippen LogP contribution < -0.4 is 10.1 Å². The van der Waals surface area contributed by atoms with E-state index in [4.69, 9.17) is 4.74 Å². The molecular weight excluding hydrogens is 290 g/mol. The zero-order chi connectivity index (χ0) is 16.1. The Morgan fingerprint density at radius 2 is 2.00 bits per heavy atom. The molecule has 116 valence electrons. The molecule has 5 heteroatoms. The monoisotopic (exact) mass is 307 g/mol. The van der Waals surface area contributed by atoms with E-state index in [1.54, 1.807) is 13.3 Å². The van der Waals surface area contributed by atoms with Crippen molar-refractivity contribution in [3.63, 3.8) is 0 Å². The van der Waals surface area contributed by atoms with Gasteiger partial charge in [-0.05, 0) is 35.9 Å². The third kappa shape index (κ3) is 3.77. The van der Waals surface area contributed by atoms with E-state index in [1.807, 2.05) is 54.6 Å². The first-order valence-electron chi connectivity index (χ1n) is 7.27. The quantitative estimate of drug-likeness (QED) is 0.760. The van der Waals surface area contributed by atoms with Crippen LogP contribution in [-0.4, -0.2) is 23.2 Å². The second-order valence-electron chi connectivity index (χ2n) is 5.12. The number of hydrogen-bond acceptors (Lipinski definition) is 3. The normalized spacial score (nSPS) is 10.3. The summed E-state index contributed by atoms with van der Waals surface area (Å²) < 4.78 is 5.11. The van der Waals surface area contributed by atoms with Crippen LogP contribution in [0.25, 0.3) is 11.3 Å². The van der Waals surface area contributed by atoms with E-state index in [0.717, 1.165) is 28.3 Å². The minimum absolute atomic E-state index is 0.0584. The van der Waals surface area contributed by atoms with Crippen LogP contribution in [0.4, 0.5) is 5.69 Å². The summed E-state index contributed by atoms with van der Waals surface area (Å²) in [5.74, 6) is 0.721. The van der Waals surface area contributed by atoms with Crippen LogP contribution in [-0.2, 0) is 11.2 Å². The lowest BCUT2D eigenvalue weighted by atomic mass is 10.1. The summed E-state index contributed by atoms with van der Waals surface area (Å²) >= 11 is 0. The molecule has 0 fully saturated rings. The molecule has 0 unspecified atom stereocenters. The van der Waals surface area contributed by atoms with Gasteiger partial charge in [0.2, 0.25) is 5.91 Å². The first-order valence-corrected chi connectivity index (χ1v) is 7.27. The van der Waals surface area contributed by atoms with Crippen LogP contribution in [0.5, 0.6) is 5.75 Å². The Morgan fingerprint density at radius 1 is 1.17 bits per heavy atom. The van der Waals surface area contributed by atoms with Gasteiger partial charge in [0.05, 0.1) is 19.2 Å². The number of benzene rings is 2. The van der Waals surface area contributed by atoms with Gasteiger partial charge in [0.1, 0.15) is 5.75 Å². The molecule has 2 aromatic carbocycles. The molecule has 0 aliphatic heterocycles. The van der Waals surface area contributed by atoms with E-state index in [0.29, 0.717) is 6.42 Å². The third-order valence-electron chi connectivity index (χ3n) is 3.48. The van der Waals surface area contributed by atoms with E-state index in [1.165, 1.54) is 0 Å². The number of aromatic nitrogens is 2. The Kier molecular flexibility index (Phi) is 4.38. The fourth-order valence-electron chi connectivity index (χ4n) is 2.32. The molecule has 1 heterocycles. The summed E-state index contributed by atoms with van der Waals surface area (Å²) in [6.45, 7) is 0. The summed E-state index contributed by atoms with van der Waals surface area (Å²) in [4.78, 5) is 12.2. The van der Waals surface area contributed by atoms with Gasteiger partial charge in [0.25, 0.3) is 0 Å². The van der Waals surface area contributed by atoms with Crippen LogP contribution in [0.3, 0.4) is 0 Å². The number of carbonyl (C=O) groups is 1. The molecule has 1 amide bonds. The van der Waals surface area contributed by atoms with Crippen molar-refractivity contribution < 1.29 is 9.53 Å². The Bertz CT molecular complexity index is 780. The van der Waals surface area contributed by atoms with Gasteiger partial charge >= 0.3 is 0 Å². The van der Waals surface area contributed by atoms with Gasteiger partial charge in [-0.2, -0.15) is 5.10 Å². The van der Waals surface area contributed by atoms with E-state index >= 15 is 0 Å². The van der Waals surface area contributed by atoms with Gasteiger partial charge < -0.3 is 10.1 Å². The second-order valence-corrected chi connectivity index (χ2v) is 5.12. The van der Waals surface area contributed by atoms with Crippen molar-refractivity contribution in [3.8, 4) is 17.0 Å². The molecule has 5 nitrogen and oxygen atoms in total. The Balaban J connectivity index is 1.66. The number of rotatable bonds is 5. The number of methoxy groups -OCH3 is 1. The van der Waals surface area contributed by atoms with Gasteiger partial charge in [0, 0.05) is 17.4 Å². The Hall–Kier alpha value is -3.08. The van der Waals surface area contributed by atoms with Crippen LogP contribution in [0.1, 0.15) is 5.56 Å². The molecule has 3 aromatic rings. The van der Waals surface area contributed by atoms with Crippen molar-refractivity contribution in [3.05, 3.63) is 66.4 Å². The topological polar surface area (TPSA) is 67.0 Å². The number of anilines is 1. The fraction of sp³-hybridized carbons (Fsp3) is 0.111. The lowest BCUT2D eigenvalue weighted by Crippen LogP contribution is -2.14. The molecule has 0 aliphatic carbocycles. The highest BCUT2D eigenvalue weighted by atomic mass is 16.5. The molecule has 2 N–H and O–H groups in total. The second kappa shape index (κ2) is 6.79. The summed E-state index contributed by atoms with van der Waals surface area (Å²) in [7, 11) is 1.62. The summed E-state index contributed by atoms with van der Waals surface area (Å²) in [5.41, 5.74) is 3.59. The van der Waals surface area contributed by atoms with Crippen molar-refractivity contribution in [2.45, 2.75) is 6.42 Å². The Morgan fingerprint density at radius 3 is 2.70 bits per heavy atom. The average molecular weight is 307 g/mol. The van der Waals surface area contributed by atoms with Crippen LogP contribution in [0.2, 0.25) is 0 Å². The first kappa shape index (κ1) is 14.8. The molecule has 0 radical (unpaired) electrons. The fourth-order valence-corrected chi connectivity index (χ4v) is 2.32. The van der Waals surface area contributed by atoms with Gasteiger partial charge in [0.15, 0.2) is 0 Å². The maximum atomic E-state index is 12.2. The van der Waals surface area contributed by atoms with Crippen molar-refractivity contribution in [2.24, 2.45) is 0 Å². The van der Waals surface area contributed by atoms with Crippen molar-refractivity contribution in [1.29, 1.82) is 0 Å². The van der Waals surface area contributed by atoms with Crippen LogP contribution >= 0.6 is 0 Å². The SMILES string of the molecule is COc1ccc(CC(=O)Nc2cccc(-c3ccn[nH]3)c2)cc1. The van der Waals surface area contributed by atoms with Crippen molar-refractivity contribution in [2.75, 3.05) is 12.4 Å². The van der Waals surface area contributed by atoms with Crippen LogP contribution in [0.15, 0.2) is 60.8 Å². The molecule has 0 spiro atoms. The first-order chi connectivity index (χ1) is 11.2. The molecule has 1 aromatic heterocycles. The molecule has 0 saturated heterocycles. The summed E-state index contributed by atoms with van der Waals surface area (Å²) in [6, 6.07) is 17.0. The number of ether oxygens (including phenoxy) is 1. The van der Waals surface area contributed by atoms with E-state index in [2.05, 4.69) is 15.5 Å². The maximum absolute atomic E-state index is 12.2. The minimum Gasteiger partial charge on any atom is -0.497 e. The Labute approximate surface area is 134 Å². The number of nitrogens with one attached hydrogen (secondary N) is 2. The van der Waals surface area contributed by atoms with E-state index in [9.17, 15) is 4.79 Å². The lowest BCUT2D eigenvalue weighted by molar-refractivity contribution is -0.115. The molecule has 0 aliphatic rings. The summed E-state index contributed by atoms with van der Waals surface area (Å²) in [5, 5.41) is 9.76. The van der Waals surface area contributed by atoms with Gasteiger partial charge in [-0.15, -0.1) is 0 Å². The van der Waals surface area contributed by atoms with Gasteiger partial charge in [-0.1, -0.05) is 24.3 Å². The number of H-pyrrole nitrogens is 1. The van der Waals surface area contributed by atoms with Crippen molar-refractivity contribution in [1.82, 2.24) is 10.2 Å². The lowest BCUT2D eigenvalue weighted by Gasteiger charge is -2.07. The highest BCUT2D eigenvalue weighted by Gasteiger charge is 2.06. The minimum atomic E-state index is -0.0584. The van der Waals surface area contributed by atoms with E-state index in [-0.39, 0.29) is 5.91 Å². The highest BCUT2D eigenvalue weighted by molar-refractivity contribution is 5.92. The number of aromatic amines is 1. The number of carbonyl (C=O) groups excluding carboxylic acids is 1. The predicted octanol–water partition coefficient (Wildman–Crippen LogP) is 3.27. The summed E-state index contributed by atoms with van der Waals surface area (Å²) in [6.07, 6.45) is 2.02. The molecule has 0 saturated carbocycles. The van der Waals surface area contributed by atoms with Crippen molar-refractivity contribution >= 4 is 11.6 Å².